The van der Waals surface area contributed by atoms with Crippen LogP contribution in [0.15, 0.2) is 54.7 Å². The van der Waals surface area contributed by atoms with Gasteiger partial charge in [0.05, 0.1) is 17.3 Å². The lowest BCUT2D eigenvalue weighted by Gasteiger charge is -2.18. The number of hydrogen-bond acceptors (Lipinski definition) is 5. The summed E-state index contributed by atoms with van der Waals surface area (Å²) in [4.78, 5) is 17.8. The quantitative estimate of drug-likeness (QED) is 0.311. The van der Waals surface area contributed by atoms with Crippen LogP contribution in [0.25, 0.3) is 5.65 Å². The van der Waals surface area contributed by atoms with Gasteiger partial charge < -0.3 is 20.5 Å². The maximum Gasteiger partial charge on any atom is 0.387 e. The highest BCUT2D eigenvalue weighted by molar-refractivity contribution is 5.95. The molecule has 0 aliphatic rings. The van der Waals surface area contributed by atoms with E-state index in [0.29, 0.717) is 16.8 Å². The van der Waals surface area contributed by atoms with Crippen molar-refractivity contribution in [2.45, 2.75) is 33.1 Å². The second-order valence-corrected chi connectivity index (χ2v) is 8.32. The number of amides is 1. The number of nitrogens with two attached hydrogens (primary N) is 1. The monoisotopic (exact) mass is 516 g/mol. The first-order chi connectivity index (χ1) is 17.7. The molecule has 0 aliphatic carbocycles. The summed E-state index contributed by atoms with van der Waals surface area (Å²) >= 11 is 0. The van der Waals surface area contributed by atoms with Crippen LogP contribution < -0.4 is 20.5 Å². The van der Waals surface area contributed by atoms with Crippen molar-refractivity contribution in [1.29, 1.82) is 0 Å². The normalized spacial score (nSPS) is 12.1. The van der Waals surface area contributed by atoms with Gasteiger partial charge in [-0.3, -0.25) is 9.20 Å². The van der Waals surface area contributed by atoms with Crippen LogP contribution in [0, 0.1) is 25.5 Å². The Hall–Kier alpha value is -4.12. The molecule has 11 heteroatoms. The summed E-state index contributed by atoms with van der Waals surface area (Å²) in [6.45, 7) is 0.0195. The van der Waals surface area contributed by atoms with E-state index in [1.54, 1.807) is 32.2 Å². The van der Waals surface area contributed by atoms with Crippen molar-refractivity contribution >= 4 is 11.6 Å². The van der Waals surface area contributed by atoms with Gasteiger partial charge in [0.25, 0.3) is 5.91 Å². The number of carbonyl (C=O) groups is 1. The first-order valence-corrected chi connectivity index (χ1v) is 11.3. The zero-order valence-electron chi connectivity index (χ0n) is 20.0. The smallest absolute Gasteiger partial charge is 0.387 e. The Morgan fingerprint density at radius 1 is 1.11 bits per heavy atom. The Labute approximate surface area is 209 Å². The van der Waals surface area contributed by atoms with Crippen LogP contribution in [0.3, 0.4) is 0 Å². The summed E-state index contributed by atoms with van der Waals surface area (Å²) in [5.41, 5.74) is 7.67. The van der Waals surface area contributed by atoms with E-state index in [-0.39, 0.29) is 41.6 Å². The van der Waals surface area contributed by atoms with E-state index in [0.717, 1.165) is 12.1 Å². The first kappa shape index (κ1) is 26.0. The SMILES string of the molecule is Cc1cc(OCc2c(F)cccc2F)c2nc(C)c(C(=O)NC(CN)c3cccc(OC(F)F)c3)n2c1. The highest BCUT2D eigenvalue weighted by Gasteiger charge is 2.23. The van der Waals surface area contributed by atoms with E-state index in [1.165, 1.54) is 28.7 Å². The first-order valence-electron chi connectivity index (χ1n) is 11.3. The Balaban J connectivity index is 1.62. The highest BCUT2D eigenvalue weighted by atomic mass is 19.3. The van der Waals surface area contributed by atoms with Crippen molar-refractivity contribution in [3.8, 4) is 11.5 Å². The van der Waals surface area contributed by atoms with Crippen LogP contribution in [0.5, 0.6) is 11.5 Å². The molecule has 0 radical (unpaired) electrons. The second kappa shape index (κ2) is 10.9. The van der Waals surface area contributed by atoms with Crippen LogP contribution in [0.1, 0.15) is 38.9 Å². The number of carbonyl (C=O) groups excluding carboxylic acids is 1. The molecule has 2 aromatic heterocycles. The summed E-state index contributed by atoms with van der Waals surface area (Å²) in [6, 6.07) is 10.4. The van der Waals surface area contributed by atoms with E-state index in [2.05, 4.69) is 15.0 Å². The fraction of sp³-hybridized carbons (Fsp3) is 0.231. The zero-order valence-corrected chi connectivity index (χ0v) is 20.0. The highest BCUT2D eigenvalue weighted by Crippen LogP contribution is 2.27. The maximum absolute atomic E-state index is 14.1. The molecule has 2 heterocycles. The molecule has 4 rings (SSSR count). The lowest BCUT2D eigenvalue weighted by atomic mass is 10.1. The number of pyridine rings is 1. The minimum absolute atomic E-state index is 0.0127. The lowest BCUT2D eigenvalue weighted by molar-refractivity contribution is -0.0499. The number of aryl methyl sites for hydroxylation is 2. The van der Waals surface area contributed by atoms with Gasteiger partial charge in [-0.05, 0) is 55.3 Å². The second-order valence-electron chi connectivity index (χ2n) is 8.32. The number of aromatic nitrogens is 2. The average molecular weight is 516 g/mol. The molecular formula is C26H24F4N4O3. The number of hydrogen-bond donors (Lipinski definition) is 2. The Morgan fingerprint density at radius 2 is 1.81 bits per heavy atom. The summed E-state index contributed by atoms with van der Waals surface area (Å²) in [5, 5.41) is 2.80. The fourth-order valence-corrected chi connectivity index (χ4v) is 3.97. The Bertz CT molecular complexity index is 1420. The fourth-order valence-electron chi connectivity index (χ4n) is 3.97. The molecule has 0 saturated heterocycles. The summed E-state index contributed by atoms with van der Waals surface area (Å²) < 4.78 is 65.0. The van der Waals surface area contributed by atoms with Crippen molar-refractivity contribution in [2.75, 3.05) is 6.54 Å². The number of fused-ring (bicyclic) bond motifs is 1. The van der Waals surface area contributed by atoms with Crippen LogP contribution in [-0.4, -0.2) is 28.4 Å². The van der Waals surface area contributed by atoms with Gasteiger partial charge in [0, 0.05) is 12.7 Å². The van der Waals surface area contributed by atoms with E-state index in [9.17, 15) is 22.4 Å². The predicted octanol–water partition coefficient (Wildman–Crippen LogP) is 4.84. The minimum atomic E-state index is -2.99. The third-order valence-corrected chi connectivity index (χ3v) is 5.67. The van der Waals surface area contributed by atoms with Gasteiger partial charge in [-0.15, -0.1) is 0 Å². The number of rotatable bonds is 9. The molecule has 7 nitrogen and oxygen atoms in total. The van der Waals surface area contributed by atoms with Gasteiger partial charge in [0.2, 0.25) is 0 Å². The van der Waals surface area contributed by atoms with E-state index >= 15 is 0 Å². The molecule has 194 valence electrons. The summed E-state index contributed by atoms with van der Waals surface area (Å²) in [7, 11) is 0. The van der Waals surface area contributed by atoms with Crippen molar-refractivity contribution in [1.82, 2.24) is 14.7 Å². The number of nitrogens with one attached hydrogen (secondary N) is 1. The molecule has 37 heavy (non-hydrogen) atoms. The Morgan fingerprint density at radius 3 is 2.49 bits per heavy atom. The molecule has 0 fully saturated rings. The topological polar surface area (TPSA) is 90.9 Å². The van der Waals surface area contributed by atoms with E-state index in [1.807, 2.05) is 0 Å². The molecule has 1 atom stereocenters. The van der Waals surface area contributed by atoms with Crippen LogP contribution in [0.4, 0.5) is 17.6 Å². The number of imidazole rings is 1. The molecule has 1 unspecified atom stereocenters. The predicted molar refractivity (Wildman–Crippen MR) is 128 cm³/mol. The van der Waals surface area contributed by atoms with Crippen molar-refractivity contribution in [3.05, 3.63) is 94.4 Å². The number of benzene rings is 2. The van der Waals surface area contributed by atoms with Crippen LogP contribution in [0.2, 0.25) is 0 Å². The summed E-state index contributed by atoms with van der Waals surface area (Å²) in [5.74, 6) is -1.82. The van der Waals surface area contributed by atoms with Gasteiger partial charge in [0.15, 0.2) is 11.4 Å². The molecule has 2 aromatic carbocycles. The third-order valence-electron chi connectivity index (χ3n) is 5.67. The maximum atomic E-state index is 14.1. The van der Waals surface area contributed by atoms with Crippen molar-refractivity contribution in [3.63, 3.8) is 0 Å². The molecule has 4 aromatic rings. The van der Waals surface area contributed by atoms with Crippen LogP contribution >= 0.6 is 0 Å². The van der Waals surface area contributed by atoms with Gasteiger partial charge in [-0.25, -0.2) is 13.8 Å². The largest absolute Gasteiger partial charge is 0.485 e. The van der Waals surface area contributed by atoms with E-state index in [4.69, 9.17) is 10.5 Å². The number of alkyl halides is 2. The van der Waals surface area contributed by atoms with Gasteiger partial charge in [-0.1, -0.05) is 18.2 Å². The standard InChI is InChI=1S/C26H24F4N4O3/c1-14-9-22(36-13-18-19(27)7-4-8-20(18)28)24-32-15(2)23(34(24)12-14)25(35)33-21(11-31)16-5-3-6-17(10-16)37-26(29)30/h3-10,12,21,26H,11,13,31H2,1-2H3,(H,33,35). The van der Waals surface area contributed by atoms with Crippen molar-refractivity contribution < 1.29 is 31.8 Å². The molecule has 0 bridgehead atoms. The van der Waals surface area contributed by atoms with Gasteiger partial charge in [-0.2, -0.15) is 8.78 Å². The minimum Gasteiger partial charge on any atom is -0.485 e. The molecule has 1 amide bonds. The number of ether oxygens (including phenoxy) is 2. The molecule has 3 N–H and O–H groups in total. The van der Waals surface area contributed by atoms with Crippen LogP contribution in [-0.2, 0) is 6.61 Å². The van der Waals surface area contributed by atoms with Gasteiger partial charge >= 0.3 is 6.61 Å². The third kappa shape index (κ3) is 5.67. The average Bonchev–Trinajstić information content (AvgIpc) is 3.17. The number of nitrogens with zero attached hydrogens (tertiary/aromatic N) is 2. The Kier molecular flexibility index (Phi) is 7.63. The number of halogens is 4. The zero-order chi connectivity index (χ0) is 26.7. The summed E-state index contributed by atoms with van der Waals surface area (Å²) in [6.07, 6.45) is 1.68. The van der Waals surface area contributed by atoms with Crippen molar-refractivity contribution in [2.24, 2.45) is 5.73 Å². The van der Waals surface area contributed by atoms with E-state index < -0.39 is 30.2 Å². The molecule has 0 aliphatic heterocycles. The molecular weight excluding hydrogens is 492 g/mol. The molecule has 0 saturated carbocycles. The molecule has 0 spiro atoms. The van der Waals surface area contributed by atoms with Gasteiger partial charge in [0.1, 0.15) is 29.7 Å². The lowest BCUT2D eigenvalue weighted by Crippen LogP contribution is -2.34.